The molecule has 1 aliphatic heterocycles. The molecule has 4 heteroatoms. The third-order valence-electron chi connectivity index (χ3n) is 13.0. The summed E-state index contributed by atoms with van der Waals surface area (Å²) in [5.41, 5.74) is 16.9. The number of benzene rings is 9. The first-order chi connectivity index (χ1) is 31.6. The maximum absolute atomic E-state index is 5.47. The summed E-state index contributed by atoms with van der Waals surface area (Å²) in [7, 11) is 0. The van der Waals surface area contributed by atoms with Crippen molar-refractivity contribution in [3.63, 3.8) is 0 Å². The SMILES string of the molecule is Cc1ccc(-n2c3ccccc3c3cc(-c4ccc5c(c4)N(c4nc(-c6ccccc6)cc(-c6ccccc6)n4)c4ccccc4C5(c4ccccc4)c4ccccc4)ccc32)cc1. The molecule has 3 heterocycles. The molecule has 0 amide bonds. The van der Waals surface area contributed by atoms with Crippen molar-refractivity contribution in [3.05, 3.63) is 264 Å². The van der Waals surface area contributed by atoms with Crippen molar-refractivity contribution in [2.45, 2.75) is 12.3 Å². The van der Waals surface area contributed by atoms with Crippen molar-refractivity contribution in [2.24, 2.45) is 0 Å². The van der Waals surface area contributed by atoms with E-state index in [1.807, 2.05) is 12.1 Å². The summed E-state index contributed by atoms with van der Waals surface area (Å²) in [6.45, 7) is 2.14. The first-order valence-corrected chi connectivity index (χ1v) is 21.9. The predicted molar refractivity (Wildman–Crippen MR) is 264 cm³/mol. The quantitative estimate of drug-likeness (QED) is 0.161. The number of hydrogen-bond donors (Lipinski definition) is 0. The van der Waals surface area contributed by atoms with Gasteiger partial charge in [-0.15, -0.1) is 0 Å². The average Bonchev–Trinajstić information content (AvgIpc) is 3.70. The molecule has 2 aromatic heterocycles. The highest BCUT2D eigenvalue weighted by Crippen LogP contribution is 2.58. The molecule has 0 saturated carbocycles. The minimum atomic E-state index is -0.659. The minimum absolute atomic E-state index is 0.609. The van der Waals surface area contributed by atoms with E-state index in [-0.39, 0.29) is 0 Å². The Bertz CT molecular complexity index is 3390. The van der Waals surface area contributed by atoms with Crippen LogP contribution in [0.3, 0.4) is 0 Å². The van der Waals surface area contributed by atoms with Crippen molar-refractivity contribution in [1.29, 1.82) is 0 Å². The summed E-state index contributed by atoms with van der Waals surface area (Å²) < 4.78 is 2.38. The third kappa shape index (κ3) is 5.99. The van der Waals surface area contributed by atoms with Crippen molar-refractivity contribution in [3.8, 4) is 39.3 Å². The van der Waals surface area contributed by atoms with Crippen LogP contribution in [-0.2, 0) is 5.41 Å². The largest absolute Gasteiger partial charge is 0.309 e. The van der Waals surface area contributed by atoms with Gasteiger partial charge >= 0.3 is 0 Å². The molecular formula is C60H42N4. The fourth-order valence-electron chi connectivity index (χ4n) is 10.0. The van der Waals surface area contributed by atoms with E-state index in [0.717, 1.165) is 61.8 Å². The number of aromatic nitrogens is 3. The fourth-order valence-corrected chi connectivity index (χ4v) is 10.0. The molecule has 4 nitrogen and oxygen atoms in total. The summed E-state index contributed by atoms with van der Waals surface area (Å²) in [6, 6.07) is 85.2. The van der Waals surface area contributed by atoms with Gasteiger partial charge in [-0.25, -0.2) is 9.97 Å². The zero-order chi connectivity index (χ0) is 42.6. The van der Waals surface area contributed by atoms with Gasteiger partial charge in [0, 0.05) is 27.6 Å². The normalized spacial score (nSPS) is 12.9. The lowest BCUT2D eigenvalue weighted by molar-refractivity contribution is 0.729. The van der Waals surface area contributed by atoms with E-state index in [0.29, 0.717) is 5.95 Å². The maximum Gasteiger partial charge on any atom is 0.235 e. The lowest BCUT2D eigenvalue weighted by atomic mass is 9.62. The van der Waals surface area contributed by atoms with Crippen LogP contribution in [0.5, 0.6) is 0 Å². The first-order valence-electron chi connectivity index (χ1n) is 21.9. The van der Waals surface area contributed by atoms with E-state index in [1.54, 1.807) is 0 Å². The Morgan fingerprint density at radius 3 is 1.55 bits per heavy atom. The standard InChI is InChI=1S/C60H42N4/c1-41-30-34-48(35-31-41)63-55-28-16-14-26-49(55)50-38-44(33-37-56(50)63)45-32-36-52-58(39-45)64(59-61-53(42-18-6-2-7-19-42)40-54(62-59)43-20-8-3-9-21-43)57-29-17-15-27-51(57)60(52,46-22-10-4-11-23-46)47-24-12-5-13-25-47/h2-40H,1H3. The number of fused-ring (bicyclic) bond motifs is 5. The molecule has 0 atom stereocenters. The Morgan fingerprint density at radius 2 is 0.891 bits per heavy atom. The molecule has 1 aliphatic rings. The highest BCUT2D eigenvalue weighted by atomic mass is 15.3. The number of hydrogen-bond acceptors (Lipinski definition) is 3. The van der Waals surface area contributed by atoms with Gasteiger partial charge in [-0.2, -0.15) is 0 Å². The molecule has 0 radical (unpaired) electrons. The number of para-hydroxylation sites is 2. The van der Waals surface area contributed by atoms with E-state index < -0.39 is 5.41 Å². The highest BCUT2D eigenvalue weighted by Gasteiger charge is 2.47. The summed E-state index contributed by atoms with van der Waals surface area (Å²) >= 11 is 0. The van der Waals surface area contributed by atoms with Gasteiger partial charge in [-0.1, -0.05) is 194 Å². The van der Waals surface area contributed by atoms with Crippen LogP contribution in [0.15, 0.2) is 237 Å². The van der Waals surface area contributed by atoms with E-state index in [1.165, 1.54) is 38.5 Å². The van der Waals surface area contributed by atoms with Gasteiger partial charge in [-0.05, 0) is 88.8 Å². The second-order valence-corrected chi connectivity index (χ2v) is 16.7. The summed E-state index contributed by atoms with van der Waals surface area (Å²) in [5.74, 6) is 0.609. The number of aryl methyl sites for hydroxylation is 1. The highest BCUT2D eigenvalue weighted by molar-refractivity contribution is 6.10. The van der Waals surface area contributed by atoms with Crippen molar-refractivity contribution in [1.82, 2.24) is 14.5 Å². The van der Waals surface area contributed by atoms with Crippen LogP contribution >= 0.6 is 0 Å². The molecule has 64 heavy (non-hydrogen) atoms. The molecule has 11 aromatic rings. The van der Waals surface area contributed by atoms with Gasteiger partial charge < -0.3 is 4.57 Å². The van der Waals surface area contributed by atoms with Gasteiger partial charge in [0.05, 0.1) is 39.2 Å². The van der Waals surface area contributed by atoms with E-state index in [4.69, 9.17) is 9.97 Å². The Kier molecular flexibility index (Phi) is 8.91. The average molecular weight is 819 g/mol. The minimum Gasteiger partial charge on any atom is -0.309 e. The Balaban J connectivity index is 1.15. The third-order valence-corrected chi connectivity index (χ3v) is 13.0. The van der Waals surface area contributed by atoms with Crippen LogP contribution in [0.1, 0.15) is 27.8 Å². The van der Waals surface area contributed by atoms with E-state index >= 15 is 0 Å². The summed E-state index contributed by atoms with van der Waals surface area (Å²) in [4.78, 5) is 13.2. The molecule has 302 valence electrons. The monoisotopic (exact) mass is 818 g/mol. The van der Waals surface area contributed by atoms with Crippen molar-refractivity contribution < 1.29 is 0 Å². The molecule has 0 saturated heterocycles. The lowest BCUT2D eigenvalue weighted by Crippen LogP contribution is -2.38. The molecule has 12 rings (SSSR count). The topological polar surface area (TPSA) is 34.0 Å². The van der Waals surface area contributed by atoms with Crippen molar-refractivity contribution in [2.75, 3.05) is 4.90 Å². The number of rotatable bonds is 7. The van der Waals surface area contributed by atoms with Gasteiger partial charge in [0.2, 0.25) is 5.95 Å². The van der Waals surface area contributed by atoms with Crippen LogP contribution in [0, 0.1) is 6.92 Å². The van der Waals surface area contributed by atoms with Gasteiger partial charge in [-0.3, -0.25) is 4.90 Å². The number of nitrogens with zero attached hydrogens (tertiary/aromatic N) is 4. The van der Waals surface area contributed by atoms with Crippen LogP contribution in [0.4, 0.5) is 17.3 Å². The lowest BCUT2D eigenvalue weighted by Gasteiger charge is -2.46. The molecule has 0 unspecified atom stereocenters. The van der Waals surface area contributed by atoms with Crippen LogP contribution in [0.2, 0.25) is 0 Å². The second kappa shape index (κ2) is 15.2. The Labute approximate surface area is 373 Å². The zero-order valence-corrected chi connectivity index (χ0v) is 35.3. The Morgan fingerprint density at radius 1 is 0.375 bits per heavy atom. The molecule has 0 N–H and O–H groups in total. The van der Waals surface area contributed by atoms with Crippen LogP contribution in [-0.4, -0.2) is 14.5 Å². The van der Waals surface area contributed by atoms with Crippen molar-refractivity contribution >= 4 is 39.1 Å². The molecule has 9 aromatic carbocycles. The maximum atomic E-state index is 5.47. The molecular weight excluding hydrogens is 777 g/mol. The molecule has 0 fully saturated rings. The molecule has 0 aliphatic carbocycles. The summed E-state index contributed by atoms with van der Waals surface area (Å²) in [6.07, 6.45) is 0. The van der Waals surface area contributed by atoms with Crippen LogP contribution < -0.4 is 4.90 Å². The van der Waals surface area contributed by atoms with Gasteiger partial charge in [0.1, 0.15) is 0 Å². The zero-order valence-electron chi connectivity index (χ0n) is 35.3. The molecule has 0 bridgehead atoms. The van der Waals surface area contributed by atoms with Gasteiger partial charge in [0.15, 0.2) is 0 Å². The second-order valence-electron chi connectivity index (χ2n) is 16.7. The smallest absolute Gasteiger partial charge is 0.235 e. The van der Waals surface area contributed by atoms with E-state index in [2.05, 4.69) is 241 Å². The predicted octanol–water partition coefficient (Wildman–Crippen LogP) is 15.0. The fraction of sp³-hybridized carbons (Fsp3) is 0.0333. The van der Waals surface area contributed by atoms with Gasteiger partial charge in [0.25, 0.3) is 0 Å². The van der Waals surface area contributed by atoms with Crippen LogP contribution in [0.25, 0.3) is 61.1 Å². The first kappa shape index (κ1) is 37.4. The van der Waals surface area contributed by atoms with E-state index in [9.17, 15) is 0 Å². The number of anilines is 3. The molecule has 0 spiro atoms. The Hall–Kier alpha value is -8.34. The summed E-state index contributed by atoms with van der Waals surface area (Å²) in [5, 5.41) is 2.43.